The van der Waals surface area contributed by atoms with E-state index in [0.717, 1.165) is 5.56 Å². The van der Waals surface area contributed by atoms with E-state index >= 15 is 0 Å². The average molecular weight is 337 g/mol. The van der Waals surface area contributed by atoms with Gasteiger partial charge in [-0.15, -0.1) is 0 Å². The van der Waals surface area contributed by atoms with Crippen molar-refractivity contribution in [2.24, 2.45) is 5.41 Å². The van der Waals surface area contributed by atoms with Crippen molar-refractivity contribution in [1.29, 1.82) is 0 Å². The van der Waals surface area contributed by atoms with Gasteiger partial charge in [-0.25, -0.2) is 0 Å². The second-order valence-electron chi connectivity index (χ2n) is 6.52. The molecular formula is C16H23N3O3S. The number of aryl methyl sites for hydroxylation is 1. The normalized spacial score (nSPS) is 13.0. The van der Waals surface area contributed by atoms with Gasteiger partial charge in [0.1, 0.15) is 0 Å². The van der Waals surface area contributed by atoms with Crippen molar-refractivity contribution in [1.82, 2.24) is 15.5 Å². The third-order valence-corrected chi connectivity index (χ3v) is 4.30. The molecule has 0 aliphatic carbocycles. The summed E-state index contributed by atoms with van der Waals surface area (Å²) in [4.78, 5) is 16.4. The van der Waals surface area contributed by atoms with Gasteiger partial charge in [-0.1, -0.05) is 25.9 Å². The summed E-state index contributed by atoms with van der Waals surface area (Å²) in [5.74, 6) is 0.930. The molecule has 0 saturated carbocycles. The minimum absolute atomic E-state index is 0.0515. The van der Waals surface area contributed by atoms with Gasteiger partial charge in [-0.3, -0.25) is 4.79 Å². The highest BCUT2D eigenvalue weighted by Gasteiger charge is 2.25. The molecule has 1 amide bonds. The summed E-state index contributed by atoms with van der Waals surface area (Å²) in [6.07, 6.45) is 1.22. The van der Waals surface area contributed by atoms with Crippen molar-refractivity contribution in [3.63, 3.8) is 0 Å². The molecule has 2 heterocycles. The van der Waals surface area contributed by atoms with Crippen molar-refractivity contribution >= 4 is 17.2 Å². The molecule has 0 aliphatic heterocycles. The van der Waals surface area contributed by atoms with E-state index < -0.39 is 0 Å². The lowest BCUT2D eigenvalue weighted by Gasteiger charge is -2.31. The first kappa shape index (κ1) is 17.6. The fourth-order valence-corrected chi connectivity index (χ4v) is 2.84. The summed E-state index contributed by atoms with van der Waals surface area (Å²) in [7, 11) is 0. The predicted octanol–water partition coefficient (Wildman–Crippen LogP) is 2.64. The van der Waals surface area contributed by atoms with E-state index in [4.69, 9.17) is 9.63 Å². The molecule has 2 aromatic heterocycles. The molecule has 0 spiro atoms. The number of thiophene rings is 1. The van der Waals surface area contributed by atoms with E-state index in [-0.39, 0.29) is 30.4 Å². The second kappa shape index (κ2) is 7.70. The molecule has 6 nitrogen and oxygen atoms in total. The molecule has 0 aromatic carbocycles. The minimum atomic E-state index is -0.102. The Morgan fingerprint density at radius 3 is 2.87 bits per heavy atom. The predicted molar refractivity (Wildman–Crippen MR) is 89.0 cm³/mol. The SMILES string of the molecule is CC(C)(C)C(CCO)NC(=O)CCc1nc(-c2ccsc2)no1. The van der Waals surface area contributed by atoms with Crippen LogP contribution in [0.15, 0.2) is 21.3 Å². The summed E-state index contributed by atoms with van der Waals surface area (Å²) in [6, 6.07) is 1.86. The van der Waals surface area contributed by atoms with E-state index in [1.807, 2.05) is 37.6 Å². The van der Waals surface area contributed by atoms with Crippen LogP contribution in [-0.4, -0.2) is 33.8 Å². The molecule has 2 aromatic rings. The standard InChI is InChI=1S/C16H23N3O3S/c1-16(2,3)12(6-8-20)17-13(21)4-5-14-18-15(19-22-14)11-7-9-23-10-11/h7,9-10,12,20H,4-6,8H2,1-3H3,(H,17,21). The molecule has 1 unspecified atom stereocenters. The zero-order valence-corrected chi connectivity index (χ0v) is 14.5. The first-order chi connectivity index (χ1) is 10.9. The van der Waals surface area contributed by atoms with Crippen molar-refractivity contribution in [3.05, 3.63) is 22.7 Å². The van der Waals surface area contributed by atoms with Crippen molar-refractivity contribution in [2.75, 3.05) is 6.61 Å². The number of amides is 1. The molecule has 126 valence electrons. The molecule has 7 heteroatoms. The van der Waals surface area contributed by atoms with Gasteiger partial charge in [0.15, 0.2) is 0 Å². The molecule has 0 saturated heterocycles. The van der Waals surface area contributed by atoms with Gasteiger partial charge in [-0.2, -0.15) is 16.3 Å². The number of aliphatic hydroxyl groups is 1. The Balaban J connectivity index is 1.87. The maximum absolute atomic E-state index is 12.1. The van der Waals surface area contributed by atoms with Crippen LogP contribution in [0.4, 0.5) is 0 Å². The lowest BCUT2D eigenvalue weighted by Crippen LogP contribution is -2.44. The highest BCUT2D eigenvalue weighted by atomic mass is 32.1. The summed E-state index contributed by atoms with van der Waals surface area (Å²) in [5.41, 5.74) is 0.819. The van der Waals surface area contributed by atoms with Crippen LogP contribution in [0, 0.1) is 5.41 Å². The highest BCUT2D eigenvalue weighted by molar-refractivity contribution is 7.08. The van der Waals surface area contributed by atoms with E-state index in [1.54, 1.807) is 11.3 Å². The molecule has 1 atom stereocenters. The monoisotopic (exact) mass is 337 g/mol. The van der Waals surface area contributed by atoms with Crippen LogP contribution < -0.4 is 5.32 Å². The Bertz CT molecular complexity index is 617. The van der Waals surface area contributed by atoms with Gasteiger partial charge in [0.2, 0.25) is 17.6 Å². The fourth-order valence-electron chi connectivity index (χ4n) is 2.20. The Labute approximate surface area is 139 Å². The Morgan fingerprint density at radius 2 is 2.26 bits per heavy atom. The van der Waals surface area contributed by atoms with E-state index in [1.165, 1.54) is 0 Å². The van der Waals surface area contributed by atoms with Gasteiger partial charge >= 0.3 is 0 Å². The molecular weight excluding hydrogens is 314 g/mol. The summed E-state index contributed by atoms with van der Waals surface area (Å²) in [5, 5.41) is 19.9. The van der Waals surface area contributed by atoms with Crippen LogP contribution in [0.5, 0.6) is 0 Å². The largest absolute Gasteiger partial charge is 0.396 e. The molecule has 0 fully saturated rings. The molecule has 0 radical (unpaired) electrons. The van der Waals surface area contributed by atoms with E-state index in [9.17, 15) is 4.79 Å². The van der Waals surface area contributed by atoms with Crippen LogP contribution in [0.25, 0.3) is 11.4 Å². The Morgan fingerprint density at radius 1 is 1.48 bits per heavy atom. The number of aliphatic hydroxyl groups excluding tert-OH is 1. The number of nitrogens with one attached hydrogen (secondary N) is 1. The summed E-state index contributed by atoms with van der Waals surface area (Å²) >= 11 is 1.57. The van der Waals surface area contributed by atoms with Crippen molar-refractivity contribution < 1.29 is 14.4 Å². The number of hydrogen-bond donors (Lipinski definition) is 2. The number of rotatable bonds is 7. The number of aromatic nitrogens is 2. The van der Waals surface area contributed by atoms with Crippen LogP contribution in [0.2, 0.25) is 0 Å². The van der Waals surface area contributed by atoms with Gasteiger partial charge in [0, 0.05) is 36.4 Å². The van der Waals surface area contributed by atoms with Crippen LogP contribution in [-0.2, 0) is 11.2 Å². The Kier molecular flexibility index (Phi) is 5.90. The van der Waals surface area contributed by atoms with E-state index in [0.29, 0.717) is 24.6 Å². The molecule has 2 rings (SSSR count). The van der Waals surface area contributed by atoms with Crippen LogP contribution >= 0.6 is 11.3 Å². The van der Waals surface area contributed by atoms with Crippen LogP contribution in [0.3, 0.4) is 0 Å². The third-order valence-electron chi connectivity index (χ3n) is 3.61. The first-order valence-corrected chi connectivity index (χ1v) is 8.60. The van der Waals surface area contributed by atoms with Gasteiger partial charge in [0.25, 0.3) is 0 Å². The van der Waals surface area contributed by atoms with Gasteiger partial charge < -0.3 is 14.9 Å². The highest BCUT2D eigenvalue weighted by Crippen LogP contribution is 2.22. The maximum atomic E-state index is 12.1. The molecule has 23 heavy (non-hydrogen) atoms. The third kappa shape index (κ3) is 5.14. The fraction of sp³-hybridized carbons (Fsp3) is 0.562. The topological polar surface area (TPSA) is 88.2 Å². The van der Waals surface area contributed by atoms with Crippen molar-refractivity contribution in [3.8, 4) is 11.4 Å². The quantitative estimate of drug-likeness (QED) is 0.811. The number of carbonyl (C=O) groups is 1. The number of nitrogens with zero attached hydrogens (tertiary/aromatic N) is 2. The van der Waals surface area contributed by atoms with Gasteiger partial charge in [-0.05, 0) is 23.3 Å². The summed E-state index contributed by atoms with van der Waals surface area (Å²) in [6.45, 7) is 6.17. The number of carbonyl (C=O) groups excluding carboxylic acids is 1. The van der Waals surface area contributed by atoms with E-state index in [2.05, 4.69) is 15.5 Å². The number of hydrogen-bond acceptors (Lipinski definition) is 6. The average Bonchev–Trinajstić information content (AvgIpc) is 3.14. The molecule has 2 N–H and O–H groups in total. The minimum Gasteiger partial charge on any atom is -0.396 e. The molecule has 0 aliphatic rings. The zero-order chi connectivity index (χ0) is 16.9. The van der Waals surface area contributed by atoms with Gasteiger partial charge in [0.05, 0.1) is 0 Å². The lowest BCUT2D eigenvalue weighted by atomic mass is 9.85. The smallest absolute Gasteiger partial charge is 0.227 e. The second-order valence-corrected chi connectivity index (χ2v) is 7.30. The lowest BCUT2D eigenvalue weighted by molar-refractivity contribution is -0.122. The van der Waals surface area contributed by atoms with Crippen molar-refractivity contribution in [2.45, 2.75) is 46.1 Å². The molecule has 0 bridgehead atoms. The Hall–Kier alpha value is -1.73. The summed E-state index contributed by atoms with van der Waals surface area (Å²) < 4.78 is 5.18. The first-order valence-electron chi connectivity index (χ1n) is 7.65. The van der Waals surface area contributed by atoms with Crippen LogP contribution in [0.1, 0.15) is 39.5 Å². The zero-order valence-electron chi connectivity index (χ0n) is 13.7. The maximum Gasteiger partial charge on any atom is 0.227 e.